The van der Waals surface area contributed by atoms with Crippen LogP contribution in [0, 0.1) is 5.82 Å². The van der Waals surface area contributed by atoms with Crippen LogP contribution in [0.25, 0.3) is 5.69 Å². The molecule has 140 valence electrons. The third kappa shape index (κ3) is 4.51. The first-order valence-electron chi connectivity index (χ1n) is 7.65. The Balaban J connectivity index is 1.89. The predicted octanol–water partition coefficient (Wildman–Crippen LogP) is 2.49. The van der Waals surface area contributed by atoms with Crippen LogP contribution in [0.3, 0.4) is 0 Å². The van der Waals surface area contributed by atoms with E-state index in [2.05, 4.69) is 10.4 Å². The first-order chi connectivity index (χ1) is 12.7. The van der Waals surface area contributed by atoms with Crippen molar-refractivity contribution in [3.05, 3.63) is 71.3 Å². The van der Waals surface area contributed by atoms with Crippen LogP contribution in [0.2, 0.25) is 5.02 Å². The average molecular weight is 409 g/mol. The summed E-state index contributed by atoms with van der Waals surface area (Å²) in [5, 5.41) is 12.1. The van der Waals surface area contributed by atoms with Gasteiger partial charge in [0.15, 0.2) is 0 Å². The number of aromatic nitrogens is 2. The van der Waals surface area contributed by atoms with Crippen molar-refractivity contribution in [2.24, 2.45) is 5.14 Å². The van der Waals surface area contributed by atoms with Gasteiger partial charge in [0.2, 0.25) is 15.9 Å². The summed E-state index contributed by atoms with van der Waals surface area (Å²) >= 11 is 5.82. The lowest BCUT2D eigenvalue weighted by Crippen LogP contribution is -2.18. The molecular formula is C17H14ClFN4O3S. The second-order valence-corrected chi connectivity index (χ2v) is 7.61. The van der Waals surface area contributed by atoms with Gasteiger partial charge in [-0.1, -0.05) is 29.8 Å². The van der Waals surface area contributed by atoms with Crippen molar-refractivity contribution in [1.29, 1.82) is 0 Å². The van der Waals surface area contributed by atoms with Crippen LogP contribution in [0.15, 0.2) is 59.8 Å². The first kappa shape index (κ1) is 19.0. The molecule has 0 saturated heterocycles. The van der Waals surface area contributed by atoms with Gasteiger partial charge in [-0.05, 0) is 29.8 Å². The predicted molar refractivity (Wildman–Crippen MR) is 98.7 cm³/mol. The lowest BCUT2D eigenvalue weighted by molar-refractivity contribution is -0.115. The van der Waals surface area contributed by atoms with Crippen LogP contribution in [-0.2, 0) is 21.2 Å². The van der Waals surface area contributed by atoms with Gasteiger partial charge in [-0.2, -0.15) is 5.10 Å². The van der Waals surface area contributed by atoms with Gasteiger partial charge in [0.1, 0.15) is 10.7 Å². The van der Waals surface area contributed by atoms with E-state index in [4.69, 9.17) is 16.7 Å². The maximum atomic E-state index is 13.7. The van der Waals surface area contributed by atoms with Crippen LogP contribution in [0.4, 0.5) is 10.1 Å². The fraction of sp³-hybridized carbons (Fsp3) is 0.0588. The quantitative estimate of drug-likeness (QED) is 0.676. The van der Waals surface area contributed by atoms with Crippen LogP contribution < -0.4 is 10.5 Å². The molecule has 3 N–H and O–H groups in total. The SMILES string of the molecule is NS(=O)(=O)c1cc(NC(=O)Cc2ccccc2F)ccc1-n1cc(Cl)cn1. The Morgan fingerprint density at radius 2 is 2.00 bits per heavy atom. The van der Waals surface area contributed by atoms with E-state index in [1.54, 1.807) is 6.07 Å². The summed E-state index contributed by atoms with van der Waals surface area (Å²) < 4.78 is 38.8. The van der Waals surface area contributed by atoms with Crippen molar-refractivity contribution in [3.63, 3.8) is 0 Å². The molecule has 27 heavy (non-hydrogen) atoms. The van der Waals surface area contributed by atoms with Gasteiger partial charge in [-0.3, -0.25) is 4.79 Å². The molecule has 0 aliphatic rings. The largest absolute Gasteiger partial charge is 0.326 e. The fourth-order valence-electron chi connectivity index (χ4n) is 2.46. The second kappa shape index (κ2) is 7.47. The summed E-state index contributed by atoms with van der Waals surface area (Å²) in [6.07, 6.45) is 2.56. The van der Waals surface area contributed by atoms with Gasteiger partial charge in [0, 0.05) is 11.9 Å². The van der Waals surface area contributed by atoms with E-state index in [1.165, 1.54) is 53.5 Å². The number of primary sulfonamides is 1. The molecule has 0 atom stereocenters. The molecule has 10 heteroatoms. The Hall–Kier alpha value is -2.75. The molecule has 0 saturated carbocycles. The molecule has 0 unspecified atom stereocenters. The molecule has 1 heterocycles. The van der Waals surface area contributed by atoms with Gasteiger partial charge >= 0.3 is 0 Å². The number of rotatable bonds is 5. The zero-order valence-corrected chi connectivity index (χ0v) is 15.3. The summed E-state index contributed by atoms with van der Waals surface area (Å²) in [5.41, 5.74) is 0.600. The van der Waals surface area contributed by atoms with Crippen molar-refractivity contribution in [1.82, 2.24) is 9.78 Å². The van der Waals surface area contributed by atoms with Gasteiger partial charge in [0.05, 0.1) is 23.3 Å². The number of amides is 1. The molecule has 0 aliphatic heterocycles. The van der Waals surface area contributed by atoms with Crippen molar-refractivity contribution in [2.45, 2.75) is 11.3 Å². The Labute approximate surface area is 159 Å². The van der Waals surface area contributed by atoms with Crippen LogP contribution in [-0.4, -0.2) is 24.1 Å². The smallest absolute Gasteiger partial charge is 0.240 e. The average Bonchev–Trinajstić information content (AvgIpc) is 3.02. The Kier molecular flexibility index (Phi) is 5.26. The topological polar surface area (TPSA) is 107 Å². The lowest BCUT2D eigenvalue weighted by Gasteiger charge is -2.11. The number of nitrogens with one attached hydrogen (secondary N) is 1. The Morgan fingerprint density at radius 1 is 1.26 bits per heavy atom. The number of sulfonamides is 1. The van der Waals surface area contributed by atoms with Gasteiger partial charge in [-0.15, -0.1) is 0 Å². The number of nitrogens with two attached hydrogens (primary N) is 1. The molecule has 0 aliphatic carbocycles. The summed E-state index contributed by atoms with van der Waals surface area (Å²) in [6.45, 7) is 0. The third-order valence-electron chi connectivity index (χ3n) is 3.66. The molecule has 1 aromatic heterocycles. The Bertz CT molecular complexity index is 1110. The minimum Gasteiger partial charge on any atom is -0.326 e. The summed E-state index contributed by atoms with van der Waals surface area (Å²) in [4.78, 5) is 11.9. The third-order valence-corrected chi connectivity index (χ3v) is 4.79. The number of carbonyl (C=O) groups is 1. The monoisotopic (exact) mass is 408 g/mol. The highest BCUT2D eigenvalue weighted by Crippen LogP contribution is 2.24. The number of benzene rings is 2. The number of nitrogens with zero attached hydrogens (tertiary/aromatic N) is 2. The molecule has 0 fully saturated rings. The van der Waals surface area contributed by atoms with E-state index < -0.39 is 21.7 Å². The number of carbonyl (C=O) groups excluding carboxylic acids is 1. The molecule has 0 bridgehead atoms. The highest BCUT2D eigenvalue weighted by Gasteiger charge is 2.18. The standard InChI is InChI=1S/C17H14ClFN4O3S/c18-12-9-21-23(10-12)15-6-5-13(8-16(15)27(20,25)26)22-17(24)7-11-3-1-2-4-14(11)19/h1-6,8-10H,7H2,(H,22,24)(H2,20,25,26). The van der Waals surface area contributed by atoms with E-state index in [0.717, 1.165) is 0 Å². The summed E-state index contributed by atoms with van der Waals surface area (Å²) in [6, 6.07) is 10.0. The second-order valence-electron chi connectivity index (χ2n) is 5.65. The molecule has 1 amide bonds. The molecule has 7 nitrogen and oxygen atoms in total. The number of hydrogen-bond donors (Lipinski definition) is 2. The van der Waals surface area contributed by atoms with E-state index in [1.807, 2.05) is 0 Å². The molecule has 2 aromatic carbocycles. The maximum absolute atomic E-state index is 13.7. The highest BCUT2D eigenvalue weighted by molar-refractivity contribution is 7.89. The van der Waals surface area contributed by atoms with E-state index in [9.17, 15) is 17.6 Å². The molecule has 0 radical (unpaired) electrons. The molecule has 3 aromatic rings. The van der Waals surface area contributed by atoms with Crippen LogP contribution >= 0.6 is 11.6 Å². The maximum Gasteiger partial charge on any atom is 0.240 e. The molecule has 3 rings (SSSR count). The van der Waals surface area contributed by atoms with Crippen molar-refractivity contribution < 1.29 is 17.6 Å². The number of hydrogen-bond acceptors (Lipinski definition) is 4. The normalized spacial score (nSPS) is 11.4. The van der Waals surface area contributed by atoms with Crippen molar-refractivity contribution in [3.8, 4) is 5.69 Å². The van der Waals surface area contributed by atoms with Gasteiger partial charge < -0.3 is 5.32 Å². The number of halogens is 2. The van der Waals surface area contributed by atoms with Gasteiger partial charge in [-0.25, -0.2) is 22.6 Å². The molecule has 0 spiro atoms. The highest BCUT2D eigenvalue weighted by atomic mass is 35.5. The van der Waals surface area contributed by atoms with E-state index in [-0.39, 0.29) is 28.3 Å². The minimum absolute atomic E-state index is 0.177. The Morgan fingerprint density at radius 3 is 2.63 bits per heavy atom. The summed E-state index contributed by atoms with van der Waals surface area (Å²) in [5.74, 6) is -1.00. The van der Waals surface area contributed by atoms with E-state index >= 15 is 0 Å². The van der Waals surface area contributed by atoms with Crippen molar-refractivity contribution in [2.75, 3.05) is 5.32 Å². The lowest BCUT2D eigenvalue weighted by atomic mass is 10.1. The van der Waals surface area contributed by atoms with Gasteiger partial charge in [0.25, 0.3) is 0 Å². The number of anilines is 1. The fourth-order valence-corrected chi connectivity index (χ4v) is 3.34. The van der Waals surface area contributed by atoms with Crippen LogP contribution in [0.1, 0.15) is 5.56 Å². The first-order valence-corrected chi connectivity index (χ1v) is 9.57. The summed E-state index contributed by atoms with van der Waals surface area (Å²) in [7, 11) is -4.11. The van der Waals surface area contributed by atoms with Crippen molar-refractivity contribution >= 4 is 33.2 Å². The zero-order valence-electron chi connectivity index (χ0n) is 13.8. The van der Waals surface area contributed by atoms with E-state index in [0.29, 0.717) is 5.02 Å². The molecular weight excluding hydrogens is 395 g/mol. The van der Waals surface area contributed by atoms with Crippen LogP contribution in [0.5, 0.6) is 0 Å². The minimum atomic E-state index is -4.11. The zero-order chi connectivity index (χ0) is 19.6.